The second kappa shape index (κ2) is 7.97. The zero-order chi connectivity index (χ0) is 15.9. The van der Waals surface area contributed by atoms with E-state index in [1.807, 2.05) is 49.1 Å². The average Bonchev–Trinajstić information content (AvgIpc) is 2.92. The number of carbonyl (C=O) groups excluding carboxylic acids is 2. The molecule has 0 N–H and O–H groups in total. The number of benzene rings is 1. The SMILES string of the molecule is CCC(=O)CC[C@H]1CC[C@@H](C)N1C(=O)OCc1ccccc1. The van der Waals surface area contributed by atoms with Gasteiger partial charge in [-0.15, -0.1) is 0 Å². The monoisotopic (exact) mass is 303 g/mol. The Morgan fingerprint density at radius 1 is 1.23 bits per heavy atom. The number of ether oxygens (including phenoxy) is 1. The Morgan fingerprint density at radius 3 is 2.64 bits per heavy atom. The first-order valence-electron chi connectivity index (χ1n) is 8.12. The van der Waals surface area contributed by atoms with E-state index in [9.17, 15) is 9.59 Å². The molecule has 4 nitrogen and oxygen atoms in total. The molecular formula is C18H25NO3. The van der Waals surface area contributed by atoms with Gasteiger partial charge in [0, 0.05) is 24.9 Å². The number of nitrogens with zero attached hydrogens (tertiary/aromatic N) is 1. The van der Waals surface area contributed by atoms with Crippen LogP contribution < -0.4 is 0 Å². The van der Waals surface area contributed by atoms with Crippen LogP contribution in [0.1, 0.15) is 51.5 Å². The van der Waals surface area contributed by atoms with Crippen molar-refractivity contribution in [3.8, 4) is 0 Å². The fourth-order valence-electron chi connectivity index (χ4n) is 2.98. The third-order valence-corrected chi connectivity index (χ3v) is 4.35. The first-order chi connectivity index (χ1) is 10.6. The summed E-state index contributed by atoms with van der Waals surface area (Å²) in [6, 6.07) is 10.0. The van der Waals surface area contributed by atoms with Crippen LogP contribution in [0.3, 0.4) is 0 Å². The highest BCUT2D eigenvalue weighted by molar-refractivity contribution is 5.78. The fourth-order valence-corrected chi connectivity index (χ4v) is 2.98. The summed E-state index contributed by atoms with van der Waals surface area (Å²) in [5.41, 5.74) is 0.986. The maximum Gasteiger partial charge on any atom is 0.410 e. The number of hydrogen-bond donors (Lipinski definition) is 0. The number of ketones is 1. The van der Waals surface area contributed by atoms with Gasteiger partial charge in [-0.3, -0.25) is 4.79 Å². The molecule has 1 heterocycles. The summed E-state index contributed by atoms with van der Waals surface area (Å²) in [7, 11) is 0. The molecule has 0 aliphatic carbocycles. The Kier molecular flexibility index (Phi) is 5.99. The molecule has 0 unspecified atom stereocenters. The van der Waals surface area contributed by atoms with E-state index < -0.39 is 0 Å². The molecule has 0 saturated carbocycles. The van der Waals surface area contributed by atoms with Crippen molar-refractivity contribution in [2.24, 2.45) is 0 Å². The first kappa shape index (κ1) is 16.5. The normalized spacial score (nSPS) is 20.9. The topological polar surface area (TPSA) is 46.6 Å². The van der Waals surface area contributed by atoms with Gasteiger partial charge in [-0.25, -0.2) is 4.79 Å². The van der Waals surface area contributed by atoms with Gasteiger partial charge in [0.25, 0.3) is 0 Å². The van der Waals surface area contributed by atoms with Gasteiger partial charge < -0.3 is 9.64 Å². The lowest BCUT2D eigenvalue weighted by Gasteiger charge is -2.27. The van der Waals surface area contributed by atoms with Gasteiger partial charge in [-0.1, -0.05) is 37.3 Å². The molecule has 0 aromatic heterocycles. The van der Waals surface area contributed by atoms with Crippen molar-refractivity contribution in [2.45, 2.75) is 64.6 Å². The molecule has 1 aromatic rings. The van der Waals surface area contributed by atoms with Gasteiger partial charge in [0.05, 0.1) is 0 Å². The fraction of sp³-hybridized carbons (Fsp3) is 0.556. The van der Waals surface area contributed by atoms with Crippen molar-refractivity contribution in [2.75, 3.05) is 0 Å². The summed E-state index contributed by atoms with van der Waals surface area (Å²) in [4.78, 5) is 25.7. The minimum Gasteiger partial charge on any atom is -0.445 e. The van der Waals surface area contributed by atoms with Gasteiger partial charge in [-0.05, 0) is 31.7 Å². The van der Waals surface area contributed by atoms with Crippen LogP contribution in [0.2, 0.25) is 0 Å². The van der Waals surface area contributed by atoms with Crippen LogP contribution in [0.25, 0.3) is 0 Å². The molecule has 120 valence electrons. The maximum absolute atomic E-state index is 12.4. The molecule has 1 saturated heterocycles. The molecule has 1 aliphatic rings. The van der Waals surface area contributed by atoms with Crippen LogP contribution in [-0.4, -0.2) is 28.9 Å². The van der Waals surface area contributed by atoms with E-state index in [0.717, 1.165) is 24.8 Å². The molecule has 2 rings (SSSR count). The van der Waals surface area contributed by atoms with E-state index in [1.165, 1.54) is 0 Å². The van der Waals surface area contributed by atoms with Crippen molar-refractivity contribution in [3.05, 3.63) is 35.9 Å². The summed E-state index contributed by atoms with van der Waals surface area (Å²) >= 11 is 0. The zero-order valence-corrected chi connectivity index (χ0v) is 13.5. The Balaban J connectivity index is 1.89. The van der Waals surface area contributed by atoms with Gasteiger partial charge in [0.1, 0.15) is 12.4 Å². The lowest BCUT2D eigenvalue weighted by Crippen LogP contribution is -2.40. The van der Waals surface area contributed by atoms with E-state index in [0.29, 0.717) is 19.4 Å². The second-order valence-electron chi connectivity index (χ2n) is 5.96. The van der Waals surface area contributed by atoms with Crippen LogP contribution in [-0.2, 0) is 16.1 Å². The van der Waals surface area contributed by atoms with Gasteiger partial charge in [0.15, 0.2) is 0 Å². The molecular weight excluding hydrogens is 278 g/mol. The molecule has 4 heteroatoms. The summed E-state index contributed by atoms with van der Waals surface area (Å²) in [6.07, 6.45) is 3.54. The smallest absolute Gasteiger partial charge is 0.410 e. The number of rotatable bonds is 6. The second-order valence-corrected chi connectivity index (χ2v) is 5.96. The van der Waals surface area contributed by atoms with Gasteiger partial charge in [0.2, 0.25) is 0 Å². The minimum absolute atomic E-state index is 0.133. The van der Waals surface area contributed by atoms with Crippen molar-refractivity contribution in [3.63, 3.8) is 0 Å². The zero-order valence-electron chi connectivity index (χ0n) is 13.5. The third-order valence-electron chi connectivity index (χ3n) is 4.35. The molecule has 2 atom stereocenters. The standard InChI is InChI=1S/C18H25NO3/c1-3-17(20)12-11-16-10-9-14(2)19(16)18(21)22-13-15-7-5-4-6-8-15/h4-8,14,16H,3,9-13H2,1-2H3/t14-,16-/m1/s1. The Hall–Kier alpha value is -1.84. The molecule has 1 fully saturated rings. The molecule has 1 aliphatic heterocycles. The van der Waals surface area contributed by atoms with Crippen LogP contribution >= 0.6 is 0 Å². The summed E-state index contributed by atoms with van der Waals surface area (Å²) in [6.45, 7) is 4.22. The molecule has 0 bridgehead atoms. The highest BCUT2D eigenvalue weighted by Crippen LogP contribution is 2.28. The van der Waals surface area contributed by atoms with Crippen molar-refractivity contribution < 1.29 is 14.3 Å². The first-order valence-corrected chi connectivity index (χ1v) is 8.12. The third kappa shape index (κ3) is 4.33. The molecule has 22 heavy (non-hydrogen) atoms. The van der Waals surface area contributed by atoms with Gasteiger partial charge in [-0.2, -0.15) is 0 Å². The number of amides is 1. The Morgan fingerprint density at radius 2 is 1.95 bits per heavy atom. The van der Waals surface area contributed by atoms with E-state index in [1.54, 1.807) is 0 Å². The number of hydrogen-bond acceptors (Lipinski definition) is 3. The molecule has 0 spiro atoms. The summed E-state index contributed by atoms with van der Waals surface area (Å²) in [5.74, 6) is 0.261. The van der Waals surface area contributed by atoms with Crippen LogP contribution in [0.4, 0.5) is 4.79 Å². The number of carbonyl (C=O) groups is 2. The Labute approximate surface area is 132 Å². The molecule has 1 aromatic carbocycles. The minimum atomic E-state index is -0.261. The maximum atomic E-state index is 12.4. The van der Waals surface area contributed by atoms with Crippen LogP contribution in [0.5, 0.6) is 0 Å². The predicted octanol–water partition coefficient (Wildman–Crippen LogP) is 3.94. The van der Waals surface area contributed by atoms with Crippen LogP contribution in [0, 0.1) is 0 Å². The summed E-state index contributed by atoms with van der Waals surface area (Å²) < 4.78 is 5.45. The average molecular weight is 303 g/mol. The highest BCUT2D eigenvalue weighted by Gasteiger charge is 2.35. The largest absolute Gasteiger partial charge is 0.445 e. The lowest BCUT2D eigenvalue weighted by molar-refractivity contribution is -0.119. The summed E-state index contributed by atoms with van der Waals surface area (Å²) in [5, 5.41) is 0. The molecule has 1 amide bonds. The quantitative estimate of drug-likeness (QED) is 0.799. The van der Waals surface area contributed by atoms with E-state index in [2.05, 4.69) is 0 Å². The van der Waals surface area contributed by atoms with E-state index >= 15 is 0 Å². The number of Topliss-reactive ketones (excluding diaryl/α,β-unsaturated/α-hetero) is 1. The van der Waals surface area contributed by atoms with Crippen molar-refractivity contribution >= 4 is 11.9 Å². The van der Waals surface area contributed by atoms with E-state index in [4.69, 9.17) is 4.74 Å². The highest BCUT2D eigenvalue weighted by atomic mass is 16.6. The van der Waals surface area contributed by atoms with Crippen LogP contribution in [0.15, 0.2) is 30.3 Å². The Bertz CT molecular complexity index is 500. The van der Waals surface area contributed by atoms with Crippen molar-refractivity contribution in [1.29, 1.82) is 0 Å². The van der Waals surface area contributed by atoms with E-state index in [-0.39, 0.29) is 24.0 Å². The van der Waals surface area contributed by atoms with Gasteiger partial charge >= 0.3 is 6.09 Å². The lowest BCUT2D eigenvalue weighted by atomic mass is 10.1. The predicted molar refractivity (Wildman–Crippen MR) is 85.5 cm³/mol. The number of likely N-dealkylation sites (tertiary alicyclic amines) is 1. The molecule has 0 radical (unpaired) electrons. The van der Waals surface area contributed by atoms with Crippen molar-refractivity contribution in [1.82, 2.24) is 4.90 Å².